The van der Waals surface area contributed by atoms with E-state index in [1.807, 2.05) is 0 Å². The van der Waals surface area contributed by atoms with Crippen molar-refractivity contribution < 1.29 is 22.4 Å². The van der Waals surface area contributed by atoms with Gasteiger partial charge in [0.05, 0.1) is 15.9 Å². The summed E-state index contributed by atoms with van der Waals surface area (Å²) in [5, 5.41) is 12.5. The van der Waals surface area contributed by atoms with Crippen molar-refractivity contribution in [3.8, 4) is 0 Å². The molecule has 0 aliphatic heterocycles. The van der Waals surface area contributed by atoms with E-state index >= 15 is 0 Å². The molecule has 0 fully saturated rings. The standard InChI is InChI=1S/C6H2N2S4.2CN.Au/c1-3-5(11-7-9-3)2-6-4(1)10-8-12-6;2*1-2;/h1-2H;;;/q+2;2*-1;+1. The van der Waals surface area contributed by atoms with Gasteiger partial charge in [0, 0.05) is 0 Å². The molecule has 0 aliphatic rings. The van der Waals surface area contributed by atoms with Gasteiger partial charge in [0.15, 0.2) is 23.1 Å². The van der Waals surface area contributed by atoms with Crippen molar-refractivity contribution in [1.29, 1.82) is 10.5 Å². The fraction of sp³-hybridized carbons (Fsp3) is 0. The molecule has 0 unspecified atom stereocenters. The van der Waals surface area contributed by atoms with Crippen molar-refractivity contribution in [2.45, 2.75) is 0 Å². The average Bonchev–Trinajstić information content (AvgIpc) is 2.98. The molecule has 0 saturated heterocycles. The van der Waals surface area contributed by atoms with E-state index in [0.717, 1.165) is 0 Å². The molecule has 2 heterocycles. The third kappa shape index (κ3) is 3.69. The molecule has 0 aliphatic carbocycles. The minimum Gasteiger partial charge on any atom is -0.512 e. The molecule has 0 bridgehead atoms. The van der Waals surface area contributed by atoms with Crippen LogP contribution in [0.25, 0.3) is 18.8 Å². The molecule has 3 rings (SSSR count). The smallest absolute Gasteiger partial charge is 0.512 e. The van der Waals surface area contributed by atoms with Crippen molar-refractivity contribution in [2.24, 2.45) is 0 Å². The zero-order valence-corrected chi connectivity index (χ0v) is 13.3. The van der Waals surface area contributed by atoms with E-state index in [1.54, 1.807) is 46.1 Å². The van der Waals surface area contributed by atoms with Crippen LogP contribution >= 0.6 is 46.1 Å². The molecular weight excluding hydrogens is 477 g/mol. The molecule has 0 atom stereocenters. The van der Waals surface area contributed by atoms with Gasteiger partial charge < -0.3 is 23.7 Å². The van der Waals surface area contributed by atoms with Crippen molar-refractivity contribution in [3.63, 3.8) is 0 Å². The normalized spacial score (nSPS) is 8.24. The summed E-state index contributed by atoms with van der Waals surface area (Å²) in [6.45, 7) is 9.50. The fourth-order valence-corrected chi connectivity index (χ4v) is 4.46. The van der Waals surface area contributed by atoms with Gasteiger partial charge in [-0.2, -0.15) is 0 Å². The number of rotatable bonds is 0. The maximum Gasteiger partial charge on any atom is 1.00 e. The number of fused-ring (bicyclic) bond motifs is 2. The SMILES string of the molecule is [Au+].[C-]#N.[C-]#N.c1c2sn[s+]c2cc2[s+][n-][s+]c12. The van der Waals surface area contributed by atoms with Gasteiger partial charge in [-0.1, -0.05) is 0 Å². The second-order valence-corrected chi connectivity index (χ2v) is 5.94. The number of hydrogen-bond acceptors (Lipinski definition) is 4. The maximum atomic E-state index is 6.25. The monoisotopic (exact) mass is 479 g/mol. The van der Waals surface area contributed by atoms with Crippen molar-refractivity contribution in [3.05, 3.63) is 25.3 Å². The molecule has 0 spiro atoms. The Morgan fingerprint density at radius 3 is 2.29 bits per heavy atom. The minimum absolute atomic E-state index is 0. The molecule has 4 nitrogen and oxygen atoms in total. The van der Waals surface area contributed by atoms with E-state index < -0.39 is 0 Å². The number of aromatic nitrogens is 2. The van der Waals surface area contributed by atoms with E-state index in [2.05, 4.69) is 19.7 Å². The third-order valence-electron chi connectivity index (χ3n) is 1.55. The van der Waals surface area contributed by atoms with Crippen molar-refractivity contribution >= 4 is 64.9 Å². The van der Waals surface area contributed by atoms with Crippen LogP contribution in [-0.2, 0) is 22.4 Å². The first-order valence-electron chi connectivity index (χ1n) is 3.65. The van der Waals surface area contributed by atoms with E-state index in [-0.39, 0.29) is 22.4 Å². The summed E-state index contributed by atoms with van der Waals surface area (Å²) < 4.78 is 13.4. The second-order valence-electron chi connectivity index (χ2n) is 2.26. The van der Waals surface area contributed by atoms with Crippen molar-refractivity contribution in [1.82, 2.24) is 7.53 Å². The molecule has 0 amide bonds. The summed E-state index contributed by atoms with van der Waals surface area (Å²) >= 11 is 6.23. The molecule has 2 aromatic heterocycles. The molecule has 0 radical (unpaired) electrons. The second kappa shape index (κ2) is 8.50. The molecule has 1 aromatic carbocycles. The van der Waals surface area contributed by atoms with Crippen LogP contribution in [0.3, 0.4) is 0 Å². The topological polar surface area (TPSA) is 74.6 Å². The summed E-state index contributed by atoms with van der Waals surface area (Å²) in [6, 6.07) is 4.35. The summed E-state index contributed by atoms with van der Waals surface area (Å²) in [6.07, 6.45) is 0. The molecule has 0 N–H and O–H groups in total. The Morgan fingerprint density at radius 2 is 1.65 bits per heavy atom. The molecule has 9 heteroatoms. The summed E-state index contributed by atoms with van der Waals surface area (Å²) in [5.41, 5.74) is 0. The summed E-state index contributed by atoms with van der Waals surface area (Å²) in [7, 11) is 0. The van der Waals surface area contributed by atoms with Crippen LogP contribution in [0.4, 0.5) is 0 Å². The molecule has 3 aromatic rings. The Hall–Kier alpha value is -0.580. The van der Waals surface area contributed by atoms with E-state index in [9.17, 15) is 0 Å². The predicted octanol–water partition coefficient (Wildman–Crippen LogP) is 3.62. The maximum absolute atomic E-state index is 6.25. The Kier molecular flexibility index (Phi) is 8.21. The van der Waals surface area contributed by atoms with Gasteiger partial charge in [-0.25, -0.2) is 0 Å². The van der Waals surface area contributed by atoms with Crippen LogP contribution in [0.5, 0.6) is 0 Å². The Bertz CT molecular complexity index is 532. The Morgan fingerprint density at radius 1 is 1.06 bits per heavy atom. The van der Waals surface area contributed by atoms with E-state index in [4.69, 9.17) is 23.7 Å². The number of hydrogen-bond donors (Lipinski definition) is 0. The van der Waals surface area contributed by atoms with Gasteiger partial charge in [-0.15, -0.1) is 3.76 Å². The van der Waals surface area contributed by atoms with Crippen LogP contribution in [0, 0.1) is 23.7 Å². The molecule has 88 valence electrons. The first-order chi connectivity index (χ1) is 7.93. The predicted molar refractivity (Wildman–Crippen MR) is 67.2 cm³/mol. The zero-order chi connectivity index (χ0) is 12.0. The fourth-order valence-electron chi connectivity index (χ4n) is 1.01. The third-order valence-corrected chi connectivity index (χ3v) is 5.14. The van der Waals surface area contributed by atoms with Crippen LogP contribution in [-0.4, -0.2) is 3.76 Å². The summed E-state index contributed by atoms with van der Waals surface area (Å²) in [5.74, 6) is 0. The van der Waals surface area contributed by atoms with Crippen LogP contribution < -0.4 is 3.76 Å². The Labute approximate surface area is 130 Å². The first kappa shape index (κ1) is 16.4. The van der Waals surface area contributed by atoms with E-state index in [1.165, 1.54) is 18.8 Å². The van der Waals surface area contributed by atoms with Gasteiger partial charge in [0.25, 0.3) is 9.40 Å². The van der Waals surface area contributed by atoms with Gasteiger partial charge in [0.1, 0.15) is 0 Å². The van der Waals surface area contributed by atoms with Crippen LogP contribution in [0.15, 0.2) is 12.1 Å². The van der Waals surface area contributed by atoms with E-state index in [0.29, 0.717) is 0 Å². The largest absolute Gasteiger partial charge is 1.00 e. The zero-order valence-electron chi connectivity index (χ0n) is 7.88. The Balaban J connectivity index is 0.000000469. The van der Waals surface area contributed by atoms with Crippen LogP contribution in [0.2, 0.25) is 0 Å². The average molecular weight is 479 g/mol. The number of nitrogens with zero attached hydrogens (tertiary/aromatic N) is 4. The van der Waals surface area contributed by atoms with Gasteiger partial charge in [-0.3, -0.25) is 0 Å². The minimum atomic E-state index is 0. The van der Waals surface area contributed by atoms with Crippen LogP contribution in [0.1, 0.15) is 0 Å². The first-order valence-corrected chi connectivity index (χ1v) is 6.74. The van der Waals surface area contributed by atoms with Gasteiger partial charge in [-0.05, 0) is 0 Å². The van der Waals surface area contributed by atoms with Gasteiger partial charge >= 0.3 is 22.4 Å². The molecule has 17 heavy (non-hydrogen) atoms. The van der Waals surface area contributed by atoms with Crippen molar-refractivity contribution in [2.75, 3.05) is 0 Å². The number of benzene rings is 1. The molecule has 0 saturated carbocycles. The van der Waals surface area contributed by atoms with Gasteiger partial charge in [0.2, 0.25) is 32.5 Å². The molecular formula is C8H2AuN4S4+. The quantitative estimate of drug-likeness (QED) is 0.281. The summed E-state index contributed by atoms with van der Waals surface area (Å²) in [4.78, 5) is 0.